The van der Waals surface area contributed by atoms with Crippen molar-refractivity contribution in [3.05, 3.63) is 59.1 Å². The van der Waals surface area contributed by atoms with Gasteiger partial charge in [-0.1, -0.05) is 35.3 Å². The van der Waals surface area contributed by atoms with E-state index in [1.807, 2.05) is 36.4 Å². The lowest BCUT2D eigenvalue weighted by atomic mass is 10.0. The number of benzene rings is 2. The lowest BCUT2D eigenvalue weighted by molar-refractivity contribution is -0.118. The number of nitrogens with zero attached hydrogens (tertiary/aromatic N) is 3. The van der Waals surface area contributed by atoms with Crippen LogP contribution in [0.5, 0.6) is 5.75 Å². The lowest BCUT2D eigenvalue weighted by Gasteiger charge is -2.36. The Morgan fingerprint density at radius 1 is 0.968 bits per heavy atom. The van der Waals surface area contributed by atoms with Crippen molar-refractivity contribution in [1.29, 1.82) is 0 Å². The number of ether oxygens (including phenoxy) is 1. The second kappa shape index (κ2) is 10.1. The van der Waals surface area contributed by atoms with Crippen LogP contribution in [0.25, 0.3) is 0 Å². The summed E-state index contributed by atoms with van der Waals surface area (Å²) in [7, 11) is 3.86. The van der Waals surface area contributed by atoms with E-state index >= 15 is 0 Å². The third-order valence-electron chi connectivity index (χ3n) is 6.04. The van der Waals surface area contributed by atoms with Crippen LogP contribution in [0.3, 0.4) is 0 Å². The summed E-state index contributed by atoms with van der Waals surface area (Å²) < 4.78 is 5.92. The Hall–Kier alpha value is -1.95. The highest BCUT2D eigenvalue weighted by Gasteiger charge is 2.22. The van der Waals surface area contributed by atoms with Gasteiger partial charge in [0.1, 0.15) is 5.75 Å². The monoisotopic (exact) mass is 460 g/mol. The van der Waals surface area contributed by atoms with Crippen molar-refractivity contribution in [3.63, 3.8) is 0 Å². The summed E-state index contributed by atoms with van der Waals surface area (Å²) in [6, 6.07) is 11.8. The van der Waals surface area contributed by atoms with Crippen LogP contribution < -0.4 is 14.5 Å². The topological polar surface area (TPSA) is 36.0 Å². The van der Waals surface area contributed by atoms with Crippen LogP contribution in [0.1, 0.15) is 24.8 Å². The first-order chi connectivity index (χ1) is 15.0. The smallest absolute Gasteiger partial charge is 0.227 e. The molecule has 2 aliphatic rings. The quantitative estimate of drug-likeness (QED) is 0.541. The molecule has 2 aromatic carbocycles. The molecule has 0 unspecified atom stereocenters. The zero-order valence-corrected chi connectivity index (χ0v) is 19.2. The second-order valence-corrected chi connectivity index (χ2v) is 8.85. The van der Waals surface area contributed by atoms with Gasteiger partial charge in [-0.25, -0.2) is 0 Å². The molecule has 1 saturated heterocycles. The average molecular weight is 461 g/mol. The zero-order valence-electron chi connectivity index (χ0n) is 17.7. The van der Waals surface area contributed by atoms with E-state index in [1.165, 1.54) is 4.90 Å². The molecular weight excluding hydrogens is 433 g/mol. The van der Waals surface area contributed by atoms with Crippen LogP contribution in [0.2, 0.25) is 10.0 Å². The average Bonchev–Trinajstić information content (AvgIpc) is 2.79. The molecule has 0 bridgehead atoms. The van der Waals surface area contributed by atoms with Gasteiger partial charge in [0.25, 0.3) is 0 Å². The van der Waals surface area contributed by atoms with Crippen LogP contribution >= 0.6 is 23.2 Å². The van der Waals surface area contributed by atoms with Crippen molar-refractivity contribution >= 4 is 40.5 Å². The molecule has 31 heavy (non-hydrogen) atoms. The summed E-state index contributed by atoms with van der Waals surface area (Å²) in [4.78, 5) is 18.1. The summed E-state index contributed by atoms with van der Waals surface area (Å²) in [5.41, 5.74) is 3.04. The number of halogens is 2. The first-order valence-corrected chi connectivity index (χ1v) is 11.6. The minimum atomic E-state index is 0.0578. The van der Waals surface area contributed by atoms with Gasteiger partial charge in [0, 0.05) is 45.7 Å². The van der Waals surface area contributed by atoms with Gasteiger partial charge in [0.15, 0.2) is 0 Å². The van der Waals surface area contributed by atoms with E-state index in [0.717, 1.165) is 74.7 Å². The number of fused-ring (bicyclic) bond motifs is 1. The van der Waals surface area contributed by atoms with Gasteiger partial charge in [-0.3, -0.25) is 9.69 Å². The van der Waals surface area contributed by atoms with E-state index in [0.29, 0.717) is 23.1 Å². The van der Waals surface area contributed by atoms with E-state index in [9.17, 15) is 4.79 Å². The van der Waals surface area contributed by atoms with Gasteiger partial charge in [0.2, 0.25) is 5.91 Å². The molecule has 4 rings (SSSR count). The largest absolute Gasteiger partial charge is 0.494 e. The number of amides is 1. The Morgan fingerprint density at radius 2 is 1.77 bits per heavy atom. The number of carbonyl (C=O) groups excluding carboxylic acids is 1. The molecule has 0 N–H and O–H groups in total. The van der Waals surface area contributed by atoms with E-state index in [1.54, 1.807) is 0 Å². The van der Waals surface area contributed by atoms with Crippen molar-refractivity contribution in [1.82, 2.24) is 4.90 Å². The maximum absolute atomic E-state index is 11.9. The Morgan fingerprint density at radius 3 is 2.58 bits per heavy atom. The van der Waals surface area contributed by atoms with Gasteiger partial charge >= 0.3 is 0 Å². The summed E-state index contributed by atoms with van der Waals surface area (Å²) in [6.45, 7) is 5.66. The fraction of sp³-hybridized carbons (Fsp3) is 0.417. The second-order valence-electron chi connectivity index (χ2n) is 8.07. The van der Waals surface area contributed by atoms with Gasteiger partial charge in [-0.2, -0.15) is 0 Å². The number of anilines is 2. The van der Waals surface area contributed by atoms with Crippen LogP contribution in [0.15, 0.2) is 36.4 Å². The maximum atomic E-state index is 11.9. The van der Waals surface area contributed by atoms with Gasteiger partial charge < -0.3 is 14.5 Å². The maximum Gasteiger partial charge on any atom is 0.227 e. The number of unbranched alkanes of at least 4 members (excludes halogenated alkanes) is 1. The molecule has 7 heteroatoms. The summed E-state index contributed by atoms with van der Waals surface area (Å²) >= 11 is 12.5. The molecule has 0 spiro atoms. The van der Waals surface area contributed by atoms with Crippen LogP contribution in [0.4, 0.5) is 11.4 Å². The molecule has 1 fully saturated rings. The van der Waals surface area contributed by atoms with Gasteiger partial charge in [0.05, 0.1) is 28.0 Å². The Labute approximate surface area is 194 Å². The molecule has 0 aliphatic carbocycles. The first kappa shape index (κ1) is 22.3. The molecule has 1 amide bonds. The number of piperazine rings is 1. The third-order valence-corrected chi connectivity index (χ3v) is 6.85. The predicted molar refractivity (Wildman–Crippen MR) is 127 cm³/mol. The minimum absolute atomic E-state index is 0.0578. The van der Waals surface area contributed by atoms with Crippen LogP contribution in [-0.2, 0) is 11.2 Å². The first-order valence-electron chi connectivity index (χ1n) is 10.8. The fourth-order valence-corrected chi connectivity index (χ4v) is 4.60. The predicted octanol–water partition coefficient (Wildman–Crippen LogP) is 5.05. The fourth-order valence-electron chi connectivity index (χ4n) is 4.18. The molecule has 2 aliphatic heterocycles. The van der Waals surface area contributed by atoms with Crippen molar-refractivity contribution in [2.45, 2.75) is 25.7 Å². The normalized spacial score (nSPS) is 17.1. The number of hydrogen-bond acceptors (Lipinski definition) is 4. The summed E-state index contributed by atoms with van der Waals surface area (Å²) in [6.07, 6.45) is 3.38. The molecule has 5 nitrogen and oxygen atoms in total. The van der Waals surface area contributed by atoms with Crippen LogP contribution in [0, 0.1) is 7.05 Å². The van der Waals surface area contributed by atoms with E-state index in [2.05, 4.69) is 16.8 Å². The zero-order chi connectivity index (χ0) is 21.8. The van der Waals surface area contributed by atoms with Crippen molar-refractivity contribution in [2.75, 3.05) is 49.1 Å². The highest BCUT2D eigenvalue weighted by Crippen LogP contribution is 2.33. The Kier molecular flexibility index (Phi) is 7.26. The SMILES string of the molecule is [CH2]N1C(=O)CCc2ccc(OCCCCN3CCN(c4cccc(Cl)c4Cl)CC3)cc21. The molecule has 0 saturated carbocycles. The standard InChI is InChI=1S/C24H28Cl2N3O2/c1-27-22-17-19(9-7-18(22)8-10-23(27)30)31-16-3-2-11-28-12-14-29(15-13-28)21-6-4-5-20(25)24(21)26/h4-7,9,17H,1-3,8,10-16H2. The van der Waals surface area contributed by atoms with Crippen molar-refractivity contribution in [3.8, 4) is 5.75 Å². The number of aryl methyl sites for hydroxylation is 1. The Balaban J connectivity index is 1.17. The van der Waals surface area contributed by atoms with Crippen LogP contribution in [-0.4, -0.2) is 50.1 Å². The molecule has 165 valence electrons. The number of carbonyl (C=O) groups is 1. The van der Waals surface area contributed by atoms with Gasteiger partial charge in [-0.05, 0) is 49.6 Å². The lowest BCUT2D eigenvalue weighted by Crippen LogP contribution is -2.46. The molecule has 0 aromatic heterocycles. The minimum Gasteiger partial charge on any atom is -0.494 e. The summed E-state index contributed by atoms with van der Waals surface area (Å²) in [5, 5.41) is 1.25. The molecule has 2 aromatic rings. The van der Waals surface area contributed by atoms with E-state index in [4.69, 9.17) is 27.9 Å². The molecule has 2 heterocycles. The third kappa shape index (κ3) is 5.28. The van der Waals surface area contributed by atoms with Crippen molar-refractivity contribution < 1.29 is 9.53 Å². The Bertz CT molecular complexity index is 929. The van der Waals surface area contributed by atoms with Gasteiger partial charge in [-0.15, -0.1) is 0 Å². The molecule has 0 atom stereocenters. The highest BCUT2D eigenvalue weighted by atomic mass is 35.5. The number of hydrogen-bond donors (Lipinski definition) is 0. The van der Waals surface area contributed by atoms with Crippen molar-refractivity contribution in [2.24, 2.45) is 0 Å². The molecule has 1 radical (unpaired) electrons. The number of rotatable bonds is 7. The summed E-state index contributed by atoms with van der Waals surface area (Å²) in [5.74, 6) is 0.858. The molecular formula is C24H28Cl2N3O2. The van der Waals surface area contributed by atoms with E-state index in [-0.39, 0.29) is 5.91 Å². The van der Waals surface area contributed by atoms with E-state index < -0.39 is 0 Å². The highest BCUT2D eigenvalue weighted by molar-refractivity contribution is 6.43.